The summed E-state index contributed by atoms with van der Waals surface area (Å²) >= 11 is 0. The first kappa shape index (κ1) is 28.7. The van der Waals surface area contributed by atoms with E-state index in [1.54, 1.807) is 0 Å². The van der Waals surface area contributed by atoms with E-state index in [0.29, 0.717) is 0 Å². The van der Waals surface area contributed by atoms with Gasteiger partial charge in [0.25, 0.3) is 0 Å². The SMILES string of the molecule is CC(=O)C(C=N[C@@H](c1cc(C)cc(C)c1)[C@@H](N=CC(C(C)=O)C(C)=O)c1cc(C)cc(C)c1)C(C)=O. The van der Waals surface area contributed by atoms with Crippen molar-refractivity contribution in [2.45, 2.75) is 67.5 Å². The van der Waals surface area contributed by atoms with Crippen molar-refractivity contribution in [2.75, 3.05) is 0 Å². The molecule has 0 amide bonds. The summed E-state index contributed by atoms with van der Waals surface area (Å²) in [5.41, 5.74) is 5.86. The molecular weight excluding hydrogens is 452 g/mol. The van der Waals surface area contributed by atoms with E-state index in [4.69, 9.17) is 9.98 Å². The standard InChI is InChI=1S/C30H36N2O4/c1-17-9-18(2)12-25(11-17)29(31-15-27(21(5)33)22(6)34)30(26-13-19(3)10-20(4)14-26)32-16-28(23(7)35)24(8)36/h9-16,27-30H,1-8H3/t29-,30-/m0/s1. The first-order chi connectivity index (χ1) is 16.8. The third-order valence-electron chi connectivity index (χ3n) is 6.01. The molecule has 0 aliphatic rings. The summed E-state index contributed by atoms with van der Waals surface area (Å²) < 4.78 is 0. The molecule has 0 unspecified atom stereocenters. The molecule has 36 heavy (non-hydrogen) atoms. The van der Waals surface area contributed by atoms with Gasteiger partial charge in [0.15, 0.2) is 0 Å². The highest BCUT2D eigenvalue weighted by atomic mass is 16.2. The Labute approximate surface area is 213 Å². The van der Waals surface area contributed by atoms with E-state index in [0.717, 1.165) is 33.4 Å². The molecule has 6 heteroatoms. The summed E-state index contributed by atoms with van der Waals surface area (Å²) in [6, 6.07) is 10.9. The number of ketones is 4. The first-order valence-electron chi connectivity index (χ1n) is 12.0. The molecule has 0 heterocycles. The maximum absolute atomic E-state index is 12.1. The van der Waals surface area contributed by atoms with Crippen LogP contribution < -0.4 is 0 Å². The lowest BCUT2D eigenvalue weighted by Crippen LogP contribution is -2.23. The number of nitrogens with zero attached hydrogens (tertiary/aromatic N) is 2. The van der Waals surface area contributed by atoms with Gasteiger partial charge in [-0.3, -0.25) is 29.2 Å². The maximum atomic E-state index is 12.1. The highest BCUT2D eigenvalue weighted by Gasteiger charge is 2.27. The smallest absolute Gasteiger partial charge is 0.145 e. The van der Waals surface area contributed by atoms with E-state index in [1.807, 2.05) is 52.0 Å². The fraction of sp³-hybridized carbons (Fsp3) is 0.400. The lowest BCUT2D eigenvalue weighted by atomic mass is 9.90. The van der Waals surface area contributed by atoms with Crippen molar-refractivity contribution in [1.82, 2.24) is 0 Å². The molecule has 2 aromatic carbocycles. The predicted molar refractivity (Wildman–Crippen MR) is 144 cm³/mol. The van der Waals surface area contributed by atoms with Gasteiger partial charge in [-0.1, -0.05) is 58.7 Å². The molecule has 0 saturated carbocycles. The second-order valence-corrected chi connectivity index (χ2v) is 9.73. The van der Waals surface area contributed by atoms with Gasteiger partial charge in [-0.05, 0) is 66.5 Å². The summed E-state index contributed by atoms with van der Waals surface area (Å²) in [5, 5.41) is 0. The molecule has 0 aliphatic carbocycles. The summed E-state index contributed by atoms with van der Waals surface area (Å²) in [6.07, 6.45) is 2.82. The van der Waals surface area contributed by atoms with Gasteiger partial charge in [0.05, 0.1) is 0 Å². The molecule has 190 valence electrons. The maximum Gasteiger partial charge on any atom is 0.145 e. The minimum Gasteiger partial charge on any atom is -0.299 e. The monoisotopic (exact) mass is 488 g/mol. The number of benzene rings is 2. The topological polar surface area (TPSA) is 93.0 Å². The van der Waals surface area contributed by atoms with Crippen molar-refractivity contribution in [3.63, 3.8) is 0 Å². The molecule has 0 bridgehead atoms. The van der Waals surface area contributed by atoms with Crippen LogP contribution in [0.1, 0.15) is 73.2 Å². The third-order valence-corrected chi connectivity index (χ3v) is 6.01. The molecule has 2 aromatic rings. The van der Waals surface area contributed by atoms with Gasteiger partial charge in [-0.15, -0.1) is 0 Å². The zero-order valence-corrected chi connectivity index (χ0v) is 22.5. The number of carbonyl (C=O) groups is 4. The number of Topliss-reactive ketones (excluding diaryl/α,β-unsaturated/α-hetero) is 4. The Kier molecular flexibility index (Phi) is 9.91. The zero-order valence-electron chi connectivity index (χ0n) is 22.5. The summed E-state index contributed by atoms with van der Waals surface area (Å²) in [5.74, 6) is -3.06. The lowest BCUT2D eigenvalue weighted by Gasteiger charge is -2.24. The van der Waals surface area contributed by atoms with Crippen LogP contribution in [0.25, 0.3) is 0 Å². The van der Waals surface area contributed by atoms with Crippen molar-refractivity contribution in [3.8, 4) is 0 Å². The Hall–Kier alpha value is -3.54. The molecule has 0 fully saturated rings. The fourth-order valence-electron chi connectivity index (χ4n) is 4.41. The van der Waals surface area contributed by atoms with Crippen molar-refractivity contribution < 1.29 is 19.2 Å². The van der Waals surface area contributed by atoms with E-state index in [1.165, 1.54) is 40.1 Å². The van der Waals surface area contributed by atoms with Gasteiger partial charge in [0, 0.05) is 12.4 Å². The van der Waals surface area contributed by atoms with Gasteiger partial charge in [0.1, 0.15) is 47.1 Å². The molecule has 0 saturated heterocycles. The van der Waals surface area contributed by atoms with E-state index in [-0.39, 0.29) is 23.1 Å². The molecule has 0 spiro atoms. The van der Waals surface area contributed by atoms with Crippen molar-refractivity contribution in [3.05, 3.63) is 69.8 Å². The van der Waals surface area contributed by atoms with Crippen LogP contribution in [0, 0.1) is 39.5 Å². The van der Waals surface area contributed by atoms with Crippen LogP contribution in [0.4, 0.5) is 0 Å². The Morgan fingerprint density at radius 1 is 0.528 bits per heavy atom. The minimum atomic E-state index is -0.954. The number of aryl methyl sites for hydroxylation is 4. The van der Waals surface area contributed by atoms with Crippen LogP contribution >= 0.6 is 0 Å². The first-order valence-corrected chi connectivity index (χ1v) is 12.0. The third kappa shape index (κ3) is 7.74. The second-order valence-electron chi connectivity index (χ2n) is 9.73. The van der Waals surface area contributed by atoms with Gasteiger partial charge in [-0.2, -0.15) is 0 Å². The van der Waals surface area contributed by atoms with Crippen LogP contribution in [0.2, 0.25) is 0 Å². The lowest BCUT2D eigenvalue weighted by molar-refractivity contribution is -0.129. The Morgan fingerprint density at radius 3 is 1.00 bits per heavy atom. The Morgan fingerprint density at radius 2 is 0.778 bits per heavy atom. The predicted octanol–water partition coefficient (Wildman–Crippen LogP) is 5.43. The molecular formula is C30H36N2O4. The van der Waals surface area contributed by atoms with Crippen LogP contribution in [0.5, 0.6) is 0 Å². The number of hydrogen-bond donors (Lipinski definition) is 0. The number of hydrogen-bond acceptors (Lipinski definition) is 6. The Bertz CT molecular complexity index is 1060. The minimum absolute atomic E-state index is 0.287. The average Bonchev–Trinajstić information content (AvgIpc) is 2.72. The van der Waals surface area contributed by atoms with E-state index in [2.05, 4.69) is 12.1 Å². The van der Waals surface area contributed by atoms with Crippen molar-refractivity contribution >= 4 is 35.6 Å². The highest BCUT2D eigenvalue weighted by Crippen LogP contribution is 2.37. The number of carbonyl (C=O) groups excluding carboxylic acids is 4. The highest BCUT2D eigenvalue weighted by molar-refractivity contribution is 6.13. The normalized spacial score (nSPS) is 13.5. The van der Waals surface area contributed by atoms with Crippen LogP contribution in [-0.4, -0.2) is 35.6 Å². The molecule has 0 N–H and O–H groups in total. The summed E-state index contributed by atoms with van der Waals surface area (Å²) in [4.78, 5) is 58.0. The Balaban J connectivity index is 2.81. The van der Waals surface area contributed by atoms with E-state index < -0.39 is 23.9 Å². The molecule has 0 radical (unpaired) electrons. The van der Waals surface area contributed by atoms with Crippen molar-refractivity contribution in [1.29, 1.82) is 0 Å². The molecule has 0 aliphatic heterocycles. The second kappa shape index (κ2) is 12.4. The van der Waals surface area contributed by atoms with Gasteiger partial charge < -0.3 is 0 Å². The largest absolute Gasteiger partial charge is 0.299 e. The van der Waals surface area contributed by atoms with Crippen LogP contribution in [-0.2, 0) is 19.2 Å². The number of aliphatic imine (C=N–C) groups is 2. The molecule has 2 rings (SSSR count). The van der Waals surface area contributed by atoms with Gasteiger partial charge >= 0.3 is 0 Å². The number of rotatable bonds is 11. The molecule has 2 atom stereocenters. The quantitative estimate of drug-likeness (QED) is 0.311. The molecule has 6 nitrogen and oxygen atoms in total. The van der Waals surface area contributed by atoms with E-state index >= 15 is 0 Å². The summed E-state index contributed by atoms with van der Waals surface area (Å²) in [6.45, 7) is 13.4. The fourth-order valence-corrected chi connectivity index (χ4v) is 4.41. The van der Waals surface area contributed by atoms with Gasteiger partial charge in [-0.25, -0.2) is 0 Å². The van der Waals surface area contributed by atoms with Crippen LogP contribution in [0.15, 0.2) is 46.4 Å². The summed E-state index contributed by atoms with van der Waals surface area (Å²) in [7, 11) is 0. The zero-order chi connectivity index (χ0) is 27.2. The average molecular weight is 489 g/mol. The van der Waals surface area contributed by atoms with Crippen molar-refractivity contribution in [2.24, 2.45) is 21.8 Å². The van der Waals surface area contributed by atoms with Crippen LogP contribution in [0.3, 0.4) is 0 Å². The van der Waals surface area contributed by atoms with Gasteiger partial charge in [0.2, 0.25) is 0 Å². The van der Waals surface area contributed by atoms with E-state index in [9.17, 15) is 19.2 Å². The molecule has 0 aromatic heterocycles.